The molecular formula is C17H26N2O. The van der Waals surface area contributed by atoms with Gasteiger partial charge in [-0.05, 0) is 44.2 Å². The van der Waals surface area contributed by atoms with Crippen LogP contribution in [0.4, 0.5) is 0 Å². The molecule has 1 aromatic rings. The van der Waals surface area contributed by atoms with Crippen molar-refractivity contribution in [3.63, 3.8) is 0 Å². The molecule has 1 aliphatic rings. The number of hydrogen-bond acceptors (Lipinski definition) is 2. The molecule has 0 saturated heterocycles. The highest BCUT2D eigenvalue weighted by Gasteiger charge is 2.27. The lowest BCUT2D eigenvalue weighted by atomic mass is 9.85. The number of nitrogens with zero attached hydrogens (tertiary/aromatic N) is 1. The second-order valence-corrected chi connectivity index (χ2v) is 6.25. The van der Waals surface area contributed by atoms with Crippen molar-refractivity contribution in [3.8, 4) is 0 Å². The van der Waals surface area contributed by atoms with Crippen LogP contribution in [0.25, 0.3) is 0 Å². The van der Waals surface area contributed by atoms with Crippen molar-refractivity contribution in [3.05, 3.63) is 34.9 Å². The van der Waals surface area contributed by atoms with E-state index < -0.39 is 0 Å². The first-order valence-corrected chi connectivity index (χ1v) is 7.54. The van der Waals surface area contributed by atoms with E-state index in [1.54, 1.807) is 0 Å². The maximum atomic E-state index is 12.5. The lowest BCUT2D eigenvalue weighted by molar-refractivity contribution is -0.135. The average Bonchev–Trinajstić information content (AvgIpc) is 2.41. The zero-order valence-corrected chi connectivity index (χ0v) is 12.9. The minimum absolute atomic E-state index is 0.120. The number of nitrogens with two attached hydrogens (primary N) is 1. The molecule has 2 rings (SSSR count). The normalized spacial score (nSPS) is 22.6. The maximum absolute atomic E-state index is 12.5. The van der Waals surface area contributed by atoms with Gasteiger partial charge in [0, 0.05) is 25.6 Å². The summed E-state index contributed by atoms with van der Waals surface area (Å²) < 4.78 is 0. The first kappa shape index (κ1) is 15.0. The fourth-order valence-corrected chi connectivity index (χ4v) is 3.12. The quantitative estimate of drug-likeness (QED) is 0.921. The molecule has 0 radical (unpaired) electrons. The Morgan fingerprint density at radius 1 is 1.35 bits per heavy atom. The Morgan fingerprint density at radius 2 is 2.10 bits per heavy atom. The number of aryl methyl sites for hydroxylation is 2. The summed E-state index contributed by atoms with van der Waals surface area (Å²) in [5.74, 6) is 0.370. The lowest BCUT2D eigenvalue weighted by Crippen LogP contribution is -2.38. The summed E-state index contributed by atoms with van der Waals surface area (Å²) in [6, 6.07) is 6.61. The van der Waals surface area contributed by atoms with E-state index in [1.807, 2.05) is 11.9 Å². The van der Waals surface area contributed by atoms with Crippen LogP contribution in [0.3, 0.4) is 0 Å². The smallest absolute Gasteiger partial charge is 0.225 e. The van der Waals surface area contributed by atoms with Crippen LogP contribution in [-0.2, 0) is 11.3 Å². The molecule has 1 amide bonds. The molecule has 110 valence electrons. The van der Waals surface area contributed by atoms with Crippen LogP contribution in [-0.4, -0.2) is 23.9 Å². The average molecular weight is 274 g/mol. The van der Waals surface area contributed by atoms with E-state index in [-0.39, 0.29) is 17.9 Å². The summed E-state index contributed by atoms with van der Waals surface area (Å²) in [7, 11) is 1.90. The molecule has 2 N–H and O–H groups in total. The Hall–Kier alpha value is -1.35. The first-order chi connectivity index (χ1) is 9.47. The summed E-state index contributed by atoms with van der Waals surface area (Å²) in [5.41, 5.74) is 9.73. The van der Waals surface area contributed by atoms with Crippen molar-refractivity contribution in [1.82, 2.24) is 4.90 Å². The Bertz CT molecular complexity index is 484. The fourth-order valence-electron chi connectivity index (χ4n) is 3.12. The standard InChI is InChI=1S/C17H26N2O/c1-12-7-8-15(13(2)9-12)11-19(3)17(20)14-5-4-6-16(18)10-14/h7-9,14,16H,4-6,10-11,18H2,1-3H3/t14-,16+/m1/s1. The van der Waals surface area contributed by atoms with E-state index in [4.69, 9.17) is 5.73 Å². The van der Waals surface area contributed by atoms with Gasteiger partial charge < -0.3 is 10.6 Å². The molecule has 0 aliphatic heterocycles. The molecular weight excluding hydrogens is 248 g/mol. The Kier molecular flexibility index (Phi) is 4.81. The van der Waals surface area contributed by atoms with Gasteiger partial charge in [-0.15, -0.1) is 0 Å². The van der Waals surface area contributed by atoms with Crippen molar-refractivity contribution < 1.29 is 4.79 Å². The van der Waals surface area contributed by atoms with Gasteiger partial charge in [0.25, 0.3) is 0 Å². The maximum Gasteiger partial charge on any atom is 0.225 e. The highest BCUT2D eigenvalue weighted by molar-refractivity contribution is 5.78. The van der Waals surface area contributed by atoms with E-state index in [0.29, 0.717) is 6.54 Å². The summed E-state index contributed by atoms with van der Waals surface area (Å²) in [6.07, 6.45) is 3.97. The lowest BCUT2D eigenvalue weighted by Gasteiger charge is -2.29. The SMILES string of the molecule is Cc1ccc(CN(C)C(=O)[C@@H]2CCC[C@H](N)C2)c(C)c1. The van der Waals surface area contributed by atoms with Gasteiger partial charge in [-0.25, -0.2) is 0 Å². The second-order valence-electron chi connectivity index (χ2n) is 6.25. The van der Waals surface area contributed by atoms with Crippen LogP contribution < -0.4 is 5.73 Å². The van der Waals surface area contributed by atoms with Gasteiger partial charge >= 0.3 is 0 Å². The fraction of sp³-hybridized carbons (Fsp3) is 0.588. The monoisotopic (exact) mass is 274 g/mol. The number of rotatable bonds is 3. The largest absolute Gasteiger partial charge is 0.341 e. The summed E-state index contributed by atoms with van der Waals surface area (Å²) in [6.45, 7) is 4.89. The van der Waals surface area contributed by atoms with Gasteiger partial charge in [0.05, 0.1) is 0 Å². The van der Waals surface area contributed by atoms with Crippen LogP contribution in [0.15, 0.2) is 18.2 Å². The van der Waals surface area contributed by atoms with Crippen molar-refractivity contribution in [2.75, 3.05) is 7.05 Å². The van der Waals surface area contributed by atoms with Crippen LogP contribution in [0.5, 0.6) is 0 Å². The van der Waals surface area contributed by atoms with Gasteiger partial charge in [-0.3, -0.25) is 4.79 Å². The van der Waals surface area contributed by atoms with E-state index in [0.717, 1.165) is 25.7 Å². The second kappa shape index (κ2) is 6.40. The van der Waals surface area contributed by atoms with E-state index in [9.17, 15) is 4.79 Å². The van der Waals surface area contributed by atoms with Crippen LogP contribution >= 0.6 is 0 Å². The number of benzene rings is 1. The van der Waals surface area contributed by atoms with Crippen molar-refractivity contribution in [2.45, 2.75) is 52.1 Å². The van der Waals surface area contributed by atoms with Crippen molar-refractivity contribution in [1.29, 1.82) is 0 Å². The first-order valence-electron chi connectivity index (χ1n) is 7.54. The number of hydrogen-bond donors (Lipinski definition) is 1. The summed E-state index contributed by atoms with van der Waals surface area (Å²) in [5, 5.41) is 0. The predicted octanol–water partition coefficient (Wildman–Crippen LogP) is 2.78. The number of carbonyl (C=O) groups is 1. The molecule has 0 spiro atoms. The zero-order chi connectivity index (χ0) is 14.7. The number of amides is 1. The van der Waals surface area contributed by atoms with E-state index >= 15 is 0 Å². The molecule has 0 unspecified atom stereocenters. The van der Waals surface area contributed by atoms with E-state index in [1.165, 1.54) is 16.7 Å². The predicted molar refractivity (Wildman–Crippen MR) is 82.3 cm³/mol. The molecule has 3 nitrogen and oxygen atoms in total. The van der Waals surface area contributed by atoms with Gasteiger partial charge in [-0.2, -0.15) is 0 Å². The van der Waals surface area contributed by atoms with Gasteiger partial charge in [0.15, 0.2) is 0 Å². The molecule has 0 heterocycles. The third-order valence-corrected chi connectivity index (χ3v) is 4.35. The molecule has 0 aromatic heterocycles. The molecule has 20 heavy (non-hydrogen) atoms. The van der Waals surface area contributed by atoms with Gasteiger partial charge in [0.1, 0.15) is 0 Å². The minimum Gasteiger partial charge on any atom is -0.341 e. The highest BCUT2D eigenvalue weighted by Crippen LogP contribution is 2.25. The third kappa shape index (κ3) is 3.60. The number of carbonyl (C=O) groups excluding carboxylic acids is 1. The molecule has 1 fully saturated rings. The van der Waals surface area contributed by atoms with Crippen LogP contribution in [0.1, 0.15) is 42.4 Å². The zero-order valence-electron chi connectivity index (χ0n) is 12.9. The Balaban J connectivity index is 2.00. The van der Waals surface area contributed by atoms with E-state index in [2.05, 4.69) is 32.0 Å². The molecule has 3 heteroatoms. The van der Waals surface area contributed by atoms with Crippen molar-refractivity contribution in [2.24, 2.45) is 11.7 Å². The highest BCUT2D eigenvalue weighted by atomic mass is 16.2. The van der Waals surface area contributed by atoms with Gasteiger partial charge in [-0.1, -0.05) is 30.2 Å². The minimum atomic E-state index is 0.120. The molecule has 1 aliphatic carbocycles. The third-order valence-electron chi connectivity index (χ3n) is 4.35. The molecule has 0 bridgehead atoms. The molecule has 2 atom stereocenters. The van der Waals surface area contributed by atoms with Crippen LogP contribution in [0.2, 0.25) is 0 Å². The molecule has 1 saturated carbocycles. The summed E-state index contributed by atoms with van der Waals surface area (Å²) >= 11 is 0. The van der Waals surface area contributed by atoms with Crippen LogP contribution in [0, 0.1) is 19.8 Å². The molecule has 1 aromatic carbocycles. The Labute approximate surface area is 122 Å². The van der Waals surface area contributed by atoms with Crippen molar-refractivity contribution >= 4 is 5.91 Å². The summed E-state index contributed by atoms with van der Waals surface area (Å²) in [4.78, 5) is 14.4. The topological polar surface area (TPSA) is 46.3 Å². The van der Waals surface area contributed by atoms with Gasteiger partial charge in [0.2, 0.25) is 5.91 Å². The Morgan fingerprint density at radius 3 is 2.75 bits per heavy atom.